The molecule has 2 aliphatic heterocycles. The molecule has 15 heavy (non-hydrogen) atoms. The minimum Gasteiger partial charge on any atom is -0.398 e. The van der Waals surface area contributed by atoms with Crippen molar-refractivity contribution in [3.63, 3.8) is 0 Å². The summed E-state index contributed by atoms with van der Waals surface area (Å²) in [4.78, 5) is 2.23. The molecular weight excluding hydrogens is 184 g/mol. The van der Waals surface area contributed by atoms with Gasteiger partial charge in [0.25, 0.3) is 0 Å². The van der Waals surface area contributed by atoms with Crippen LogP contribution in [0.4, 0.5) is 0 Å². The third kappa shape index (κ3) is 1.18. The average molecular weight is 196 g/mol. The standard InChI is InChI=1S/C13H12N2/c14-12-9-10-5-3-4-8-15(10)13-7-2-1-6-11(12)13/h1-9,13H,14H2. The summed E-state index contributed by atoms with van der Waals surface area (Å²) in [6.07, 6.45) is 18.6. The molecular formula is C13H12N2. The van der Waals surface area contributed by atoms with E-state index in [-0.39, 0.29) is 6.04 Å². The molecule has 2 heteroatoms. The van der Waals surface area contributed by atoms with Crippen molar-refractivity contribution in [3.05, 3.63) is 71.8 Å². The lowest BCUT2D eigenvalue weighted by Gasteiger charge is -2.36. The SMILES string of the molecule is NC1=C2C=CC=CC2N2C=CC=CC2=C1. The molecule has 2 N–H and O–H groups in total. The van der Waals surface area contributed by atoms with E-state index in [0.29, 0.717) is 0 Å². The van der Waals surface area contributed by atoms with Crippen molar-refractivity contribution >= 4 is 0 Å². The number of nitrogens with two attached hydrogens (primary N) is 1. The van der Waals surface area contributed by atoms with Crippen LogP contribution >= 0.6 is 0 Å². The number of nitrogens with zero attached hydrogens (tertiary/aromatic N) is 1. The van der Waals surface area contributed by atoms with E-state index in [0.717, 1.165) is 11.4 Å². The van der Waals surface area contributed by atoms with E-state index in [1.165, 1.54) is 5.57 Å². The van der Waals surface area contributed by atoms with Crippen molar-refractivity contribution in [1.29, 1.82) is 0 Å². The van der Waals surface area contributed by atoms with Crippen LogP contribution in [0.5, 0.6) is 0 Å². The third-order valence-corrected chi connectivity index (χ3v) is 2.86. The molecule has 1 unspecified atom stereocenters. The lowest BCUT2D eigenvalue weighted by Crippen LogP contribution is -2.35. The molecule has 0 saturated heterocycles. The Morgan fingerprint density at radius 3 is 2.87 bits per heavy atom. The largest absolute Gasteiger partial charge is 0.398 e. The van der Waals surface area contributed by atoms with Crippen LogP contribution in [0.1, 0.15) is 0 Å². The highest BCUT2D eigenvalue weighted by molar-refractivity contribution is 5.50. The fourth-order valence-corrected chi connectivity index (χ4v) is 2.13. The molecule has 1 atom stereocenters. The molecule has 3 aliphatic rings. The number of allylic oxidation sites excluding steroid dienone is 6. The van der Waals surface area contributed by atoms with Gasteiger partial charge in [0.15, 0.2) is 0 Å². The Bertz CT molecular complexity index is 473. The van der Waals surface area contributed by atoms with Gasteiger partial charge in [-0.3, -0.25) is 0 Å². The average Bonchev–Trinajstić information content (AvgIpc) is 2.30. The Hall–Kier alpha value is -1.96. The van der Waals surface area contributed by atoms with E-state index >= 15 is 0 Å². The first-order valence-electron chi connectivity index (χ1n) is 5.06. The Labute approximate surface area is 89.1 Å². The fraction of sp³-hybridized carbons (Fsp3) is 0.0769. The van der Waals surface area contributed by atoms with Gasteiger partial charge in [0.2, 0.25) is 0 Å². The zero-order valence-electron chi connectivity index (χ0n) is 8.30. The maximum Gasteiger partial charge on any atom is 0.0792 e. The quantitative estimate of drug-likeness (QED) is 0.642. The highest BCUT2D eigenvalue weighted by Gasteiger charge is 2.25. The van der Waals surface area contributed by atoms with Gasteiger partial charge in [-0.05, 0) is 18.2 Å². The maximum atomic E-state index is 6.03. The Kier molecular flexibility index (Phi) is 1.68. The fourth-order valence-electron chi connectivity index (χ4n) is 2.13. The lowest BCUT2D eigenvalue weighted by molar-refractivity contribution is 0.435. The van der Waals surface area contributed by atoms with Gasteiger partial charge in [0.05, 0.1) is 6.04 Å². The monoisotopic (exact) mass is 196 g/mol. The number of fused-ring (bicyclic) bond motifs is 3. The maximum absolute atomic E-state index is 6.03. The summed E-state index contributed by atoms with van der Waals surface area (Å²) in [7, 11) is 0. The van der Waals surface area contributed by atoms with Gasteiger partial charge in [-0.15, -0.1) is 0 Å². The van der Waals surface area contributed by atoms with Gasteiger partial charge in [-0.2, -0.15) is 0 Å². The molecule has 3 rings (SSSR count). The molecule has 0 spiro atoms. The van der Waals surface area contributed by atoms with E-state index in [4.69, 9.17) is 5.73 Å². The highest BCUT2D eigenvalue weighted by atomic mass is 15.2. The van der Waals surface area contributed by atoms with Crippen LogP contribution in [0.2, 0.25) is 0 Å². The number of hydrogen-bond donors (Lipinski definition) is 1. The summed E-state index contributed by atoms with van der Waals surface area (Å²) in [5.74, 6) is 0. The van der Waals surface area contributed by atoms with Gasteiger partial charge in [-0.1, -0.05) is 30.4 Å². The normalized spacial score (nSPS) is 26.5. The van der Waals surface area contributed by atoms with Gasteiger partial charge in [0.1, 0.15) is 0 Å². The van der Waals surface area contributed by atoms with Crippen molar-refractivity contribution in [1.82, 2.24) is 4.90 Å². The van der Waals surface area contributed by atoms with E-state index in [1.807, 2.05) is 24.3 Å². The molecule has 0 saturated carbocycles. The van der Waals surface area contributed by atoms with Crippen molar-refractivity contribution in [2.75, 3.05) is 0 Å². The van der Waals surface area contributed by atoms with Crippen molar-refractivity contribution in [2.45, 2.75) is 6.04 Å². The Balaban J connectivity index is 2.14. The molecule has 2 nitrogen and oxygen atoms in total. The molecule has 0 fully saturated rings. The predicted octanol–water partition coefficient (Wildman–Crippen LogP) is 1.98. The Morgan fingerprint density at radius 1 is 1.07 bits per heavy atom. The molecule has 0 bridgehead atoms. The van der Waals surface area contributed by atoms with Gasteiger partial charge >= 0.3 is 0 Å². The van der Waals surface area contributed by atoms with Crippen LogP contribution < -0.4 is 5.73 Å². The van der Waals surface area contributed by atoms with E-state index in [9.17, 15) is 0 Å². The summed E-state index contributed by atoms with van der Waals surface area (Å²) < 4.78 is 0. The topological polar surface area (TPSA) is 29.3 Å². The zero-order valence-corrected chi connectivity index (χ0v) is 8.30. The molecule has 74 valence electrons. The second kappa shape index (κ2) is 3.02. The number of rotatable bonds is 0. The zero-order chi connectivity index (χ0) is 10.3. The summed E-state index contributed by atoms with van der Waals surface area (Å²) in [6.45, 7) is 0. The van der Waals surface area contributed by atoms with E-state index < -0.39 is 0 Å². The molecule has 0 aromatic carbocycles. The van der Waals surface area contributed by atoms with Gasteiger partial charge < -0.3 is 10.6 Å². The van der Waals surface area contributed by atoms with Crippen LogP contribution in [-0.4, -0.2) is 10.9 Å². The number of hydrogen-bond acceptors (Lipinski definition) is 2. The van der Waals surface area contributed by atoms with Gasteiger partial charge in [0, 0.05) is 23.2 Å². The minimum absolute atomic E-state index is 0.260. The molecule has 0 radical (unpaired) electrons. The minimum atomic E-state index is 0.260. The lowest BCUT2D eigenvalue weighted by atomic mass is 9.93. The van der Waals surface area contributed by atoms with Crippen LogP contribution in [0.3, 0.4) is 0 Å². The van der Waals surface area contributed by atoms with E-state index in [1.54, 1.807) is 0 Å². The van der Waals surface area contributed by atoms with Gasteiger partial charge in [-0.25, -0.2) is 0 Å². The second-order valence-electron chi connectivity index (χ2n) is 3.78. The molecule has 1 aliphatic carbocycles. The first-order chi connectivity index (χ1) is 7.36. The summed E-state index contributed by atoms with van der Waals surface area (Å²) in [5.41, 5.74) is 9.24. The third-order valence-electron chi connectivity index (χ3n) is 2.86. The summed E-state index contributed by atoms with van der Waals surface area (Å²) >= 11 is 0. The first-order valence-corrected chi connectivity index (χ1v) is 5.06. The molecule has 0 aromatic heterocycles. The van der Waals surface area contributed by atoms with Crippen molar-refractivity contribution in [2.24, 2.45) is 5.73 Å². The predicted molar refractivity (Wildman–Crippen MR) is 61.5 cm³/mol. The van der Waals surface area contributed by atoms with Crippen LogP contribution in [0.25, 0.3) is 0 Å². The summed E-state index contributed by atoms with van der Waals surface area (Å²) in [5, 5.41) is 0. The van der Waals surface area contributed by atoms with E-state index in [2.05, 4.69) is 35.4 Å². The Morgan fingerprint density at radius 2 is 1.93 bits per heavy atom. The smallest absolute Gasteiger partial charge is 0.0792 e. The summed E-state index contributed by atoms with van der Waals surface area (Å²) in [6, 6.07) is 0.260. The highest BCUT2D eigenvalue weighted by Crippen LogP contribution is 2.30. The van der Waals surface area contributed by atoms with Crippen LogP contribution in [-0.2, 0) is 0 Å². The molecule has 0 aromatic rings. The molecule has 2 heterocycles. The van der Waals surface area contributed by atoms with Crippen LogP contribution in [0, 0.1) is 0 Å². The van der Waals surface area contributed by atoms with Crippen LogP contribution in [0.15, 0.2) is 71.8 Å². The second-order valence-corrected chi connectivity index (χ2v) is 3.78. The van der Waals surface area contributed by atoms with Crippen molar-refractivity contribution in [3.8, 4) is 0 Å². The first kappa shape index (κ1) is 8.36. The molecule has 0 amide bonds. The van der Waals surface area contributed by atoms with Crippen molar-refractivity contribution < 1.29 is 0 Å².